The highest BCUT2D eigenvalue weighted by Gasteiger charge is 2.16. The van der Waals surface area contributed by atoms with E-state index in [0.717, 1.165) is 39.7 Å². The topological polar surface area (TPSA) is 44.5 Å². The lowest BCUT2D eigenvalue weighted by molar-refractivity contribution is -0.0113. The van der Waals surface area contributed by atoms with E-state index in [0.29, 0.717) is 13.2 Å². The Morgan fingerprint density at radius 1 is 1.28 bits per heavy atom. The summed E-state index contributed by atoms with van der Waals surface area (Å²) < 4.78 is 13.3. The molecule has 0 saturated carbocycles. The van der Waals surface area contributed by atoms with E-state index >= 15 is 0 Å². The Morgan fingerprint density at radius 2 is 2.00 bits per heavy atom. The van der Waals surface area contributed by atoms with Crippen molar-refractivity contribution in [2.75, 3.05) is 13.2 Å². The van der Waals surface area contributed by atoms with Gasteiger partial charge in [-0.1, -0.05) is 0 Å². The molecule has 1 aromatic rings. The number of ether oxygens (including phenoxy) is 2. The van der Waals surface area contributed by atoms with Gasteiger partial charge in [-0.05, 0) is 68.8 Å². The molecule has 5 heteroatoms. The lowest BCUT2D eigenvalue weighted by Gasteiger charge is -2.23. The highest BCUT2D eigenvalue weighted by atomic mass is 79.9. The highest BCUT2D eigenvalue weighted by molar-refractivity contribution is 9.11. The Balaban J connectivity index is 2.00. The minimum Gasteiger partial charge on any atom is -0.489 e. The molecule has 1 unspecified atom stereocenters. The minimum atomic E-state index is 0.215. The first-order valence-corrected chi connectivity index (χ1v) is 7.71. The molecule has 0 amide bonds. The molecule has 100 valence electrons. The van der Waals surface area contributed by atoms with Crippen LogP contribution in [0.15, 0.2) is 21.1 Å². The van der Waals surface area contributed by atoms with Gasteiger partial charge in [0.15, 0.2) is 0 Å². The maximum Gasteiger partial charge on any atom is 0.147 e. The third-order valence-corrected chi connectivity index (χ3v) is 4.16. The molecule has 0 radical (unpaired) electrons. The summed E-state index contributed by atoms with van der Waals surface area (Å²) >= 11 is 7.02. The smallest absolute Gasteiger partial charge is 0.147 e. The molecule has 0 aromatic heterocycles. The fourth-order valence-corrected chi connectivity index (χ4v) is 3.49. The molecular formula is C13H17Br2NO2. The first kappa shape index (κ1) is 14.3. The number of nitrogens with two attached hydrogens (primary N) is 1. The molecule has 0 bridgehead atoms. The van der Waals surface area contributed by atoms with Gasteiger partial charge in [-0.2, -0.15) is 0 Å². The van der Waals surface area contributed by atoms with Gasteiger partial charge >= 0.3 is 0 Å². The fraction of sp³-hybridized carbons (Fsp3) is 0.538. The molecule has 1 fully saturated rings. The van der Waals surface area contributed by atoms with Gasteiger partial charge in [-0.25, -0.2) is 0 Å². The highest BCUT2D eigenvalue weighted by Crippen LogP contribution is 2.35. The standard InChI is InChI=1S/C13H17Br2NO2/c14-11-5-9(7-16)6-12(15)13(11)18-8-10-3-1-2-4-17-10/h5-6,10H,1-4,7-8,16H2. The molecule has 18 heavy (non-hydrogen) atoms. The van der Waals surface area contributed by atoms with Gasteiger partial charge in [-0.15, -0.1) is 0 Å². The summed E-state index contributed by atoms with van der Waals surface area (Å²) in [4.78, 5) is 0. The molecule has 1 aliphatic rings. The van der Waals surface area contributed by atoms with Crippen LogP contribution in [0.25, 0.3) is 0 Å². The number of hydrogen-bond donors (Lipinski definition) is 1. The van der Waals surface area contributed by atoms with E-state index in [9.17, 15) is 0 Å². The van der Waals surface area contributed by atoms with Gasteiger partial charge < -0.3 is 15.2 Å². The van der Waals surface area contributed by atoms with Crippen molar-refractivity contribution < 1.29 is 9.47 Å². The number of rotatable bonds is 4. The van der Waals surface area contributed by atoms with Gasteiger partial charge in [0, 0.05) is 13.2 Å². The monoisotopic (exact) mass is 377 g/mol. The van der Waals surface area contributed by atoms with E-state index in [1.807, 2.05) is 12.1 Å². The predicted octanol–water partition coefficient (Wildman–Crippen LogP) is 3.62. The van der Waals surface area contributed by atoms with Crippen LogP contribution >= 0.6 is 31.9 Å². The first-order chi connectivity index (χ1) is 8.70. The van der Waals surface area contributed by atoms with E-state index < -0.39 is 0 Å². The van der Waals surface area contributed by atoms with Crippen molar-refractivity contribution >= 4 is 31.9 Å². The van der Waals surface area contributed by atoms with Crippen LogP contribution in [0.1, 0.15) is 24.8 Å². The molecule has 1 aliphatic heterocycles. The summed E-state index contributed by atoms with van der Waals surface area (Å²) in [6.07, 6.45) is 3.68. The van der Waals surface area contributed by atoms with Crippen molar-refractivity contribution in [2.45, 2.75) is 31.9 Å². The summed E-state index contributed by atoms with van der Waals surface area (Å²) in [5, 5.41) is 0. The van der Waals surface area contributed by atoms with Gasteiger partial charge in [0.1, 0.15) is 12.4 Å². The number of benzene rings is 1. The lowest BCUT2D eigenvalue weighted by Crippen LogP contribution is -2.25. The second kappa shape index (κ2) is 6.89. The van der Waals surface area contributed by atoms with Crippen molar-refractivity contribution in [3.63, 3.8) is 0 Å². The minimum absolute atomic E-state index is 0.215. The maximum absolute atomic E-state index is 5.85. The van der Waals surface area contributed by atoms with Gasteiger partial charge in [0.05, 0.1) is 15.0 Å². The second-order valence-corrected chi connectivity index (χ2v) is 6.10. The summed E-state index contributed by atoms with van der Waals surface area (Å²) in [6.45, 7) is 1.96. The molecule has 3 nitrogen and oxygen atoms in total. The Morgan fingerprint density at radius 3 is 2.56 bits per heavy atom. The van der Waals surface area contributed by atoms with E-state index in [4.69, 9.17) is 15.2 Å². The quantitative estimate of drug-likeness (QED) is 0.870. The summed E-state index contributed by atoms with van der Waals surface area (Å²) in [5.74, 6) is 0.821. The zero-order valence-electron chi connectivity index (χ0n) is 10.1. The van der Waals surface area contributed by atoms with Crippen LogP contribution in [0.4, 0.5) is 0 Å². The Kier molecular flexibility index (Phi) is 5.48. The van der Waals surface area contributed by atoms with Crippen LogP contribution in [-0.4, -0.2) is 19.3 Å². The Bertz CT molecular complexity index is 383. The SMILES string of the molecule is NCc1cc(Br)c(OCC2CCCCO2)c(Br)c1. The van der Waals surface area contributed by atoms with Crippen LogP contribution in [0.3, 0.4) is 0 Å². The normalized spacial score (nSPS) is 19.8. The molecule has 1 atom stereocenters. The predicted molar refractivity (Wildman–Crippen MR) is 78.8 cm³/mol. The van der Waals surface area contributed by atoms with Crippen molar-refractivity contribution in [1.29, 1.82) is 0 Å². The fourth-order valence-electron chi connectivity index (χ4n) is 1.98. The van der Waals surface area contributed by atoms with Crippen LogP contribution in [0.5, 0.6) is 5.75 Å². The average molecular weight is 379 g/mol. The average Bonchev–Trinajstić information content (AvgIpc) is 2.38. The van der Waals surface area contributed by atoms with Gasteiger partial charge in [0.2, 0.25) is 0 Å². The lowest BCUT2D eigenvalue weighted by atomic mass is 10.1. The molecule has 0 aliphatic carbocycles. The molecule has 1 heterocycles. The Labute approximate surface area is 124 Å². The third-order valence-electron chi connectivity index (χ3n) is 2.98. The summed E-state index contributed by atoms with van der Waals surface area (Å²) in [6, 6.07) is 3.98. The molecule has 2 N–H and O–H groups in total. The maximum atomic E-state index is 5.85. The van der Waals surface area contributed by atoms with Crippen molar-refractivity contribution in [1.82, 2.24) is 0 Å². The van der Waals surface area contributed by atoms with Crippen molar-refractivity contribution in [2.24, 2.45) is 5.73 Å². The molecule has 1 aromatic carbocycles. The van der Waals surface area contributed by atoms with E-state index in [2.05, 4.69) is 31.9 Å². The number of halogens is 2. The van der Waals surface area contributed by atoms with E-state index in [-0.39, 0.29) is 6.10 Å². The molecule has 1 saturated heterocycles. The summed E-state index contributed by atoms with van der Waals surface area (Å²) in [7, 11) is 0. The number of hydrogen-bond acceptors (Lipinski definition) is 3. The Hall–Kier alpha value is -0.100. The van der Waals surface area contributed by atoms with Crippen molar-refractivity contribution in [3.05, 3.63) is 26.6 Å². The van der Waals surface area contributed by atoms with Crippen LogP contribution < -0.4 is 10.5 Å². The third kappa shape index (κ3) is 3.70. The molecule has 0 spiro atoms. The summed E-state index contributed by atoms with van der Waals surface area (Å²) in [5.41, 5.74) is 6.69. The zero-order chi connectivity index (χ0) is 13.0. The second-order valence-electron chi connectivity index (χ2n) is 4.39. The van der Waals surface area contributed by atoms with Crippen LogP contribution in [-0.2, 0) is 11.3 Å². The van der Waals surface area contributed by atoms with E-state index in [1.165, 1.54) is 6.42 Å². The first-order valence-electron chi connectivity index (χ1n) is 6.13. The van der Waals surface area contributed by atoms with Crippen LogP contribution in [0, 0.1) is 0 Å². The van der Waals surface area contributed by atoms with Crippen LogP contribution in [0.2, 0.25) is 0 Å². The van der Waals surface area contributed by atoms with E-state index in [1.54, 1.807) is 0 Å². The largest absolute Gasteiger partial charge is 0.489 e. The van der Waals surface area contributed by atoms with Crippen molar-refractivity contribution in [3.8, 4) is 5.75 Å². The van der Waals surface area contributed by atoms with Gasteiger partial charge in [-0.3, -0.25) is 0 Å². The van der Waals surface area contributed by atoms with Gasteiger partial charge in [0.25, 0.3) is 0 Å². The zero-order valence-corrected chi connectivity index (χ0v) is 13.3. The molecule has 2 rings (SSSR count). The molecular weight excluding hydrogens is 362 g/mol.